The molecule has 1 heterocycles. The molecule has 25 heavy (non-hydrogen) atoms. The lowest BCUT2D eigenvalue weighted by Gasteiger charge is -2.26. The van der Waals surface area contributed by atoms with Gasteiger partial charge in [0.25, 0.3) is 11.6 Å². The highest BCUT2D eigenvalue weighted by Crippen LogP contribution is 2.32. The van der Waals surface area contributed by atoms with Crippen molar-refractivity contribution in [2.24, 2.45) is 0 Å². The molecule has 1 N–H and O–H groups in total. The van der Waals surface area contributed by atoms with Crippen molar-refractivity contribution in [3.8, 4) is 5.69 Å². The molecule has 1 unspecified atom stereocenters. The van der Waals surface area contributed by atoms with Gasteiger partial charge in [-0.25, -0.2) is 9.78 Å². The van der Waals surface area contributed by atoms with Crippen LogP contribution >= 0.6 is 0 Å². The summed E-state index contributed by atoms with van der Waals surface area (Å²) >= 11 is 0. The van der Waals surface area contributed by atoms with Crippen molar-refractivity contribution >= 4 is 17.6 Å². The van der Waals surface area contributed by atoms with Gasteiger partial charge in [0.15, 0.2) is 0 Å². The lowest BCUT2D eigenvalue weighted by molar-refractivity contribution is -0.384. The fourth-order valence-corrected chi connectivity index (χ4v) is 2.70. The third-order valence-corrected chi connectivity index (χ3v) is 4.15. The van der Waals surface area contributed by atoms with Crippen molar-refractivity contribution in [1.29, 1.82) is 0 Å². The Bertz CT molecular complexity index is 829. The Morgan fingerprint density at radius 1 is 1.44 bits per heavy atom. The topological polar surface area (TPSA) is 119 Å². The van der Waals surface area contributed by atoms with Gasteiger partial charge in [-0.3, -0.25) is 14.9 Å². The molecule has 1 aromatic carbocycles. The Morgan fingerprint density at radius 3 is 2.68 bits per heavy atom. The molecule has 0 radical (unpaired) electrons. The molecule has 130 valence electrons. The second-order valence-corrected chi connectivity index (χ2v) is 5.89. The molecular formula is C16H16N4O5. The van der Waals surface area contributed by atoms with Crippen LogP contribution in [0.5, 0.6) is 0 Å². The summed E-state index contributed by atoms with van der Waals surface area (Å²) in [5.74, 6) is -1.62. The molecule has 2 aromatic rings. The molecule has 1 aliphatic carbocycles. The number of hydrogen-bond donors (Lipinski definition) is 1. The van der Waals surface area contributed by atoms with Crippen LogP contribution < -0.4 is 0 Å². The number of carbonyl (C=O) groups is 2. The summed E-state index contributed by atoms with van der Waals surface area (Å²) in [7, 11) is 0. The fraction of sp³-hybridized carbons (Fsp3) is 0.312. The molecule has 3 rings (SSSR count). The normalized spacial score (nSPS) is 14.8. The molecule has 9 nitrogen and oxygen atoms in total. The Labute approximate surface area is 142 Å². The van der Waals surface area contributed by atoms with E-state index in [0.29, 0.717) is 0 Å². The first-order valence-corrected chi connectivity index (χ1v) is 7.72. The minimum atomic E-state index is -1.11. The highest BCUT2D eigenvalue weighted by molar-refractivity contribution is 5.98. The molecule has 1 fully saturated rings. The quantitative estimate of drug-likeness (QED) is 0.631. The predicted molar refractivity (Wildman–Crippen MR) is 86.5 cm³/mol. The van der Waals surface area contributed by atoms with Gasteiger partial charge in [-0.2, -0.15) is 0 Å². The second kappa shape index (κ2) is 6.34. The molecule has 0 aliphatic heterocycles. The highest BCUT2D eigenvalue weighted by atomic mass is 16.6. The summed E-state index contributed by atoms with van der Waals surface area (Å²) < 4.78 is 1.48. The standard InChI is InChI=1S/C16H16N4O5/c1-10(16(22)23)19(12-3-4-12)15(21)11-2-5-13(14(8-11)20(24)25)18-7-6-17-9-18/h2,5-10,12H,3-4H2,1H3,(H,22,23). The maximum atomic E-state index is 12.8. The number of carboxylic acids is 1. The van der Waals surface area contributed by atoms with Crippen molar-refractivity contribution in [2.75, 3.05) is 0 Å². The number of carboxylic acid groups (broad SMARTS) is 1. The van der Waals surface area contributed by atoms with E-state index in [1.807, 2.05) is 0 Å². The first kappa shape index (κ1) is 16.6. The Balaban J connectivity index is 1.99. The van der Waals surface area contributed by atoms with Crippen LogP contribution in [-0.2, 0) is 4.79 Å². The molecule has 1 amide bonds. The zero-order valence-corrected chi connectivity index (χ0v) is 13.4. The predicted octanol–water partition coefficient (Wildman–Crippen LogP) is 1.86. The van der Waals surface area contributed by atoms with E-state index in [-0.39, 0.29) is 23.0 Å². The van der Waals surface area contributed by atoms with Crippen molar-refractivity contribution < 1.29 is 19.6 Å². The molecule has 9 heteroatoms. The van der Waals surface area contributed by atoms with E-state index in [2.05, 4.69) is 4.98 Å². The second-order valence-electron chi connectivity index (χ2n) is 5.89. The van der Waals surface area contributed by atoms with Crippen molar-refractivity contribution in [3.05, 3.63) is 52.6 Å². The SMILES string of the molecule is CC(C(=O)O)N(C(=O)c1ccc(-n2ccnc2)c([N+](=O)[O-])c1)C1CC1. The van der Waals surface area contributed by atoms with Crippen LogP contribution in [0.25, 0.3) is 5.69 Å². The minimum absolute atomic E-state index is 0.0931. The van der Waals surface area contributed by atoms with Gasteiger partial charge in [0.2, 0.25) is 0 Å². The molecular weight excluding hydrogens is 328 g/mol. The summed E-state index contributed by atoms with van der Waals surface area (Å²) in [6.45, 7) is 1.44. The van der Waals surface area contributed by atoms with Gasteiger partial charge in [0.05, 0.1) is 11.3 Å². The van der Waals surface area contributed by atoms with Gasteiger partial charge in [0, 0.05) is 30.1 Å². The van der Waals surface area contributed by atoms with E-state index >= 15 is 0 Å². The van der Waals surface area contributed by atoms with E-state index < -0.39 is 22.8 Å². The minimum Gasteiger partial charge on any atom is -0.480 e. The van der Waals surface area contributed by atoms with Crippen LogP contribution in [-0.4, -0.2) is 48.4 Å². The molecule has 1 aromatic heterocycles. The Morgan fingerprint density at radius 2 is 2.16 bits per heavy atom. The number of nitro benzene ring substituents is 1. The van der Waals surface area contributed by atoms with Crippen molar-refractivity contribution in [2.45, 2.75) is 31.8 Å². The van der Waals surface area contributed by atoms with Crippen LogP contribution in [0.15, 0.2) is 36.9 Å². The average molecular weight is 344 g/mol. The average Bonchev–Trinajstić information content (AvgIpc) is 3.26. The molecule has 1 aliphatic rings. The van der Waals surface area contributed by atoms with E-state index in [9.17, 15) is 24.8 Å². The van der Waals surface area contributed by atoms with Crippen molar-refractivity contribution in [3.63, 3.8) is 0 Å². The number of benzene rings is 1. The Hall–Kier alpha value is -3.23. The number of hydrogen-bond acceptors (Lipinski definition) is 5. The molecule has 1 atom stereocenters. The third-order valence-electron chi connectivity index (χ3n) is 4.15. The molecule has 0 bridgehead atoms. The number of carbonyl (C=O) groups excluding carboxylic acids is 1. The third kappa shape index (κ3) is 3.21. The van der Waals surface area contributed by atoms with Gasteiger partial charge >= 0.3 is 5.97 Å². The number of aliphatic carboxylic acids is 1. The maximum absolute atomic E-state index is 12.8. The zero-order valence-electron chi connectivity index (χ0n) is 13.4. The number of rotatable bonds is 6. The van der Waals surface area contributed by atoms with Gasteiger partial charge < -0.3 is 14.6 Å². The van der Waals surface area contributed by atoms with E-state index in [1.54, 1.807) is 6.20 Å². The zero-order chi connectivity index (χ0) is 18.1. The molecule has 0 saturated heterocycles. The summed E-state index contributed by atoms with van der Waals surface area (Å²) in [6.07, 6.45) is 5.95. The lowest BCUT2D eigenvalue weighted by atomic mass is 10.1. The Kier molecular flexibility index (Phi) is 4.22. The van der Waals surface area contributed by atoms with E-state index in [1.165, 1.54) is 47.1 Å². The highest BCUT2D eigenvalue weighted by Gasteiger charge is 2.39. The lowest BCUT2D eigenvalue weighted by Crippen LogP contribution is -2.44. The number of amides is 1. The first-order chi connectivity index (χ1) is 11.9. The summed E-state index contributed by atoms with van der Waals surface area (Å²) in [5, 5.41) is 20.6. The largest absolute Gasteiger partial charge is 0.480 e. The smallest absolute Gasteiger partial charge is 0.326 e. The van der Waals surface area contributed by atoms with Gasteiger partial charge in [-0.1, -0.05) is 0 Å². The van der Waals surface area contributed by atoms with Crippen LogP contribution in [0.4, 0.5) is 5.69 Å². The van der Waals surface area contributed by atoms with Crippen LogP contribution in [0, 0.1) is 10.1 Å². The fourth-order valence-electron chi connectivity index (χ4n) is 2.70. The van der Waals surface area contributed by atoms with E-state index in [0.717, 1.165) is 12.8 Å². The van der Waals surface area contributed by atoms with Crippen LogP contribution in [0.3, 0.4) is 0 Å². The van der Waals surface area contributed by atoms with E-state index in [4.69, 9.17) is 0 Å². The number of aromatic nitrogens is 2. The number of nitrogens with zero attached hydrogens (tertiary/aromatic N) is 4. The number of imidazole rings is 1. The van der Waals surface area contributed by atoms with Gasteiger partial charge in [-0.05, 0) is 31.9 Å². The van der Waals surface area contributed by atoms with Crippen LogP contribution in [0.2, 0.25) is 0 Å². The van der Waals surface area contributed by atoms with Crippen molar-refractivity contribution in [1.82, 2.24) is 14.5 Å². The van der Waals surface area contributed by atoms with Crippen LogP contribution in [0.1, 0.15) is 30.1 Å². The molecule has 1 saturated carbocycles. The monoisotopic (exact) mass is 344 g/mol. The summed E-state index contributed by atoms with van der Waals surface area (Å²) in [5.41, 5.74) is 0.126. The summed E-state index contributed by atoms with van der Waals surface area (Å²) in [4.78, 5) is 40.0. The maximum Gasteiger partial charge on any atom is 0.326 e. The molecule has 0 spiro atoms. The van der Waals surface area contributed by atoms with Gasteiger partial charge in [0.1, 0.15) is 11.7 Å². The summed E-state index contributed by atoms with van der Waals surface area (Å²) in [6, 6.07) is 2.98. The number of nitro groups is 1. The first-order valence-electron chi connectivity index (χ1n) is 7.72. The van der Waals surface area contributed by atoms with Gasteiger partial charge in [-0.15, -0.1) is 0 Å².